The maximum absolute atomic E-state index is 12.6. The van der Waals surface area contributed by atoms with E-state index in [9.17, 15) is 22.8 Å². The predicted molar refractivity (Wildman–Crippen MR) is 96.0 cm³/mol. The monoisotopic (exact) mass is 411 g/mol. The first-order valence-electron chi connectivity index (χ1n) is 9.13. The number of halogens is 3. The van der Waals surface area contributed by atoms with Gasteiger partial charge in [-0.25, -0.2) is 9.78 Å². The summed E-state index contributed by atoms with van der Waals surface area (Å²) >= 11 is 0. The van der Waals surface area contributed by atoms with Gasteiger partial charge in [0.25, 0.3) is 5.91 Å². The minimum absolute atomic E-state index is 0.0349. The largest absolute Gasteiger partial charge is 0.450 e. The number of hydrogen-bond acceptors (Lipinski definition) is 5. The highest BCUT2D eigenvalue weighted by atomic mass is 19.4. The summed E-state index contributed by atoms with van der Waals surface area (Å²) in [5.74, 6) is -0.387. The number of alkyl halides is 3. The van der Waals surface area contributed by atoms with Crippen LogP contribution in [0.4, 0.5) is 18.0 Å². The lowest BCUT2D eigenvalue weighted by Crippen LogP contribution is -2.46. The molecule has 1 fully saturated rings. The van der Waals surface area contributed by atoms with Gasteiger partial charge in [-0.15, -0.1) is 0 Å². The molecule has 0 unspecified atom stereocenters. The normalized spacial score (nSPS) is 15.2. The van der Waals surface area contributed by atoms with Crippen LogP contribution in [-0.2, 0) is 10.9 Å². The van der Waals surface area contributed by atoms with E-state index >= 15 is 0 Å². The number of nitrogens with one attached hydrogen (secondary N) is 1. The van der Waals surface area contributed by atoms with E-state index in [4.69, 9.17) is 9.15 Å². The maximum atomic E-state index is 12.6. The van der Waals surface area contributed by atoms with Gasteiger partial charge in [-0.2, -0.15) is 13.2 Å². The average Bonchev–Trinajstić information content (AvgIpc) is 3.18. The molecule has 0 bridgehead atoms. The second kappa shape index (κ2) is 8.54. The second-order valence-corrected chi connectivity index (χ2v) is 6.55. The number of likely N-dealkylation sites (tertiary alicyclic amines) is 1. The fourth-order valence-electron chi connectivity index (χ4n) is 2.99. The van der Waals surface area contributed by atoms with Gasteiger partial charge >= 0.3 is 12.3 Å². The van der Waals surface area contributed by atoms with Gasteiger partial charge in [-0.05, 0) is 44.0 Å². The lowest BCUT2D eigenvalue weighted by molar-refractivity contribution is -0.137. The van der Waals surface area contributed by atoms with E-state index in [2.05, 4.69) is 10.3 Å². The molecule has 0 aliphatic carbocycles. The molecule has 2 aromatic rings. The summed E-state index contributed by atoms with van der Waals surface area (Å²) in [6.07, 6.45) is -2.48. The van der Waals surface area contributed by atoms with Crippen molar-refractivity contribution in [2.45, 2.75) is 32.0 Å². The van der Waals surface area contributed by atoms with Crippen molar-refractivity contribution in [2.24, 2.45) is 0 Å². The number of oxazole rings is 1. The maximum Gasteiger partial charge on any atom is 0.416 e. The zero-order chi connectivity index (χ0) is 21.0. The summed E-state index contributed by atoms with van der Waals surface area (Å²) in [7, 11) is 0. The third-order valence-corrected chi connectivity index (χ3v) is 4.55. The fourth-order valence-corrected chi connectivity index (χ4v) is 2.99. The number of carbonyl (C=O) groups is 2. The summed E-state index contributed by atoms with van der Waals surface area (Å²) in [5.41, 5.74) is -0.410. The predicted octanol–water partition coefficient (Wildman–Crippen LogP) is 3.71. The molecule has 1 aliphatic heterocycles. The van der Waals surface area contributed by atoms with Gasteiger partial charge in [-0.3, -0.25) is 4.79 Å². The molecular formula is C19H20F3N3O4. The summed E-state index contributed by atoms with van der Waals surface area (Å²) < 4.78 is 48.1. The van der Waals surface area contributed by atoms with Crippen LogP contribution in [0.3, 0.4) is 0 Å². The SMILES string of the molecule is CCOC(=O)N1CCC(NC(=O)c2coc(-c3ccc(C(F)(F)F)cc3)n2)CC1. The number of amides is 2. The molecule has 3 rings (SSSR count). The van der Waals surface area contributed by atoms with Crippen LogP contribution >= 0.6 is 0 Å². The number of ether oxygens (including phenoxy) is 1. The average molecular weight is 411 g/mol. The summed E-state index contributed by atoms with van der Waals surface area (Å²) in [4.78, 5) is 29.7. The zero-order valence-corrected chi connectivity index (χ0v) is 15.7. The molecule has 0 atom stereocenters. The molecule has 1 aromatic carbocycles. The first-order chi connectivity index (χ1) is 13.8. The molecule has 1 aromatic heterocycles. The van der Waals surface area contributed by atoms with E-state index in [-0.39, 0.29) is 23.7 Å². The highest BCUT2D eigenvalue weighted by Gasteiger charge is 2.30. The van der Waals surface area contributed by atoms with Gasteiger partial charge in [0.15, 0.2) is 5.69 Å². The van der Waals surface area contributed by atoms with Crippen LogP contribution in [0.5, 0.6) is 0 Å². The molecule has 10 heteroatoms. The topological polar surface area (TPSA) is 84.7 Å². The zero-order valence-electron chi connectivity index (χ0n) is 15.7. The minimum atomic E-state index is -4.43. The first kappa shape index (κ1) is 20.7. The molecule has 1 saturated heterocycles. The lowest BCUT2D eigenvalue weighted by Gasteiger charge is -2.31. The molecule has 0 spiro atoms. The molecule has 2 heterocycles. The molecule has 156 valence electrons. The van der Waals surface area contributed by atoms with Crippen molar-refractivity contribution in [3.63, 3.8) is 0 Å². The Morgan fingerprint density at radius 2 is 1.90 bits per heavy atom. The van der Waals surface area contributed by atoms with Crippen LogP contribution in [0.25, 0.3) is 11.5 Å². The molecule has 0 radical (unpaired) electrons. The molecule has 0 saturated carbocycles. The number of aromatic nitrogens is 1. The molecule has 1 N–H and O–H groups in total. The highest BCUT2D eigenvalue weighted by Crippen LogP contribution is 2.30. The second-order valence-electron chi connectivity index (χ2n) is 6.55. The van der Waals surface area contributed by atoms with E-state index in [1.54, 1.807) is 11.8 Å². The summed E-state index contributed by atoms with van der Waals surface area (Å²) in [6.45, 7) is 2.99. The minimum Gasteiger partial charge on any atom is -0.450 e. The third-order valence-electron chi connectivity index (χ3n) is 4.55. The Labute approximate surface area is 164 Å². The number of benzene rings is 1. The van der Waals surface area contributed by atoms with Gasteiger partial charge in [0, 0.05) is 24.7 Å². The smallest absolute Gasteiger partial charge is 0.416 e. The third kappa shape index (κ3) is 5.07. The van der Waals surface area contributed by atoms with Crippen molar-refractivity contribution in [2.75, 3.05) is 19.7 Å². The van der Waals surface area contributed by atoms with E-state index in [0.717, 1.165) is 18.4 Å². The quantitative estimate of drug-likeness (QED) is 0.829. The van der Waals surface area contributed by atoms with E-state index in [0.29, 0.717) is 38.1 Å². The van der Waals surface area contributed by atoms with Crippen LogP contribution in [0.15, 0.2) is 34.9 Å². The van der Waals surface area contributed by atoms with E-state index in [1.165, 1.54) is 12.1 Å². The van der Waals surface area contributed by atoms with Crippen molar-refractivity contribution in [1.82, 2.24) is 15.2 Å². The van der Waals surface area contributed by atoms with Crippen molar-refractivity contribution in [1.29, 1.82) is 0 Å². The first-order valence-corrected chi connectivity index (χ1v) is 9.13. The summed E-state index contributed by atoms with van der Waals surface area (Å²) in [5, 5.41) is 2.83. The Morgan fingerprint density at radius 3 is 2.48 bits per heavy atom. The highest BCUT2D eigenvalue weighted by molar-refractivity contribution is 5.92. The van der Waals surface area contributed by atoms with Gasteiger partial charge in [0.05, 0.1) is 12.2 Å². The molecule has 1 aliphatic rings. The Hall–Kier alpha value is -3.04. The molecule has 7 nitrogen and oxygen atoms in total. The number of hydrogen-bond donors (Lipinski definition) is 1. The van der Waals surface area contributed by atoms with Gasteiger partial charge < -0.3 is 19.4 Å². The van der Waals surface area contributed by atoms with Gasteiger partial charge in [0.2, 0.25) is 5.89 Å². The van der Waals surface area contributed by atoms with Crippen LogP contribution in [-0.4, -0.2) is 47.6 Å². The Balaban J connectivity index is 1.57. The van der Waals surface area contributed by atoms with E-state index in [1.807, 2.05) is 0 Å². The molecule has 29 heavy (non-hydrogen) atoms. The Morgan fingerprint density at radius 1 is 1.24 bits per heavy atom. The van der Waals surface area contributed by atoms with Crippen LogP contribution in [0.2, 0.25) is 0 Å². The van der Waals surface area contributed by atoms with Crippen LogP contribution in [0, 0.1) is 0 Å². The fraction of sp³-hybridized carbons (Fsp3) is 0.421. The van der Waals surface area contributed by atoms with Crippen molar-refractivity contribution in [3.05, 3.63) is 41.8 Å². The summed E-state index contributed by atoms with van der Waals surface area (Å²) in [6, 6.07) is 4.20. The Bertz CT molecular complexity index is 856. The number of nitrogens with zero attached hydrogens (tertiary/aromatic N) is 2. The van der Waals surface area contributed by atoms with Crippen molar-refractivity contribution in [3.8, 4) is 11.5 Å². The molecule has 2 amide bonds. The lowest BCUT2D eigenvalue weighted by atomic mass is 10.1. The number of carbonyl (C=O) groups excluding carboxylic acids is 2. The van der Waals surface area contributed by atoms with E-state index < -0.39 is 17.6 Å². The van der Waals surface area contributed by atoms with Gasteiger partial charge in [-0.1, -0.05) is 0 Å². The van der Waals surface area contributed by atoms with Gasteiger partial charge in [0.1, 0.15) is 6.26 Å². The molecular weight excluding hydrogens is 391 g/mol. The number of piperidine rings is 1. The Kier molecular flexibility index (Phi) is 6.09. The van der Waals surface area contributed by atoms with Crippen molar-refractivity contribution >= 4 is 12.0 Å². The standard InChI is InChI=1S/C19H20F3N3O4/c1-2-28-18(27)25-9-7-14(8-10-25)23-16(26)15-11-29-17(24-15)12-3-5-13(6-4-12)19(20,21)22/h3-6,11,14H,2,7-10H2,1H3,(H,23,26). The van der Waals surface area contributed by atoms with Crippen molar-refractivity contribution < 1.29 is 31.9 Å². The van der Waals surface area contributed by atoms with Crippen LogP contribution in [0.1, 0.15) is 35.8 Å². The van der Waals surface area contributed by atoms with Crippen LogP contribution < -0.4 is 5.32 Å². The number of rotatable bonds is 4.